The molecule has 30 heavy (non-hydrogen) atoms. The zero-order chi connectivity index (χ0) is 20.9. The number of aromatic nitrogens is 3. The molecule has 0 radical (unpaired) electrons. The maximum atomic E-state index is 12.1. The van der Waals surface area contributed by atoms with Gasteiger partial charge < -0.3 is 14.8 Å². The van der Waals surface area contributed by atoms with E-state index in [1.807, 2.05) is 13.8 Å². The van der Waals surface area contributed by atoms with Crippen LogP contribution in [0.4, 0.5) is 5.69 Å². The molecule has 7 heteroatoms. The zero-order valence-electron chi connectivity index (χ0n) is 18.3. The minimum absolute atomic E-state index is 0.0314. The largest absolute Gasteiger partial charge is 0.372 e. The topological polar surface area (TPSA) is 66.3 Å². The Balaban J connectivity index is 1.32. The van der Waals surface area contributed by atoms with Gasteiger partial charge in [-0.1, -0.05) is 26.0 Å². The second-order valence-corrected chi connectivity index (χ2v) is 8.60. The van der Waals surface area contributed by atoms with Gasteiger partial charge in [-0.05, 0) is 37.0 Å². The standard InChI is InChI=1S/C23H34N6O/c1-3-18(2)23(30)24-16-22-26-25-21-10-13-27(14-15-29(21)22)17-19-6-8-20(9-7-19)28-11-4-5-12-28/h6-9,18H,3-5,10-17H2,1-2H3,(H,24,30). The Morgan fingerprint density at radius 2 is 1.83 bits per heavy atom. The Bertz CT molecular complexity index is 840. The Morgan fingerprint density at radius 1 is 1.07 bits per heavy atom. The smallest absolute Gasteiger partial charge is 0.223 e. The summed E-state index contributed by atoms with van der Waals surface area (Å²) in [5.41, 5.74) is 2.71. The molecule has 1 aromatic heterocycles. The summed E-state index contributed by atoms with van der Waals surface area (Å²) in [4.78, 5) is 17.1. The van der Waals surface area contributed by atoms with E-state index >= 15 is 0 Å². The van der Waals surface area contributed by atoms with Crippen molar-refractivity contribution < 1.29 is 4.79 Å². The summed E-state index contributed by atoms with van der Waals surface area (Å²) >= 11 is 0. The predicted molar refractivity (Wildman–Crippen MR) is 118 cm³/mol. The molecule has 2 aliphatic heterocycles. The van der Waals surface area contributed by atoms with Crippen LogP contribution in [0, 0.1) is 5.92 Å². The van der Waals surface area contributed by atoms with Crippen molar-refractivity contribution in [1.29, 1.82) is 0 Å². The fourth-order valence-corrected chi connectivity index (χ4v) is 4.29. The lowest BCUT2D eigenvalue weighted by atomic mass is 10.1. The number of carbonyl (C=O) groups excluding carboxylic acids is 1. The predicted octanol–water partition coefficient (Wildman–Crippen LogP) is 2.60. The zero-order valence-corrected chi connectivity index (χ0v) is 18.3. The van der Waals surface area contributed by atoms with Crippen LogP contribution >= 0.6 is 0 Å². The van der Waals surface area contributed by atoms with Crippen LogP contribution in [0.3, 0.4) is 0 Å². The van der Waals surface area contributed by atoms with Crippen molar-refractivity contribution in [3.8, 4) is 0 Å². The third-order valence-electron chi connectivity index (χ3n) is 6.49. The van der Waals surface area contributed by atoms with Crippen LogP contribution in [0.1, 0.15) is 50.3 Å². The third kappa shape index (κ3) is 4.83. The third-order valence-corrected chi connectivity index (χ3v) is 6.49. The molecule has 2 aliphatic rings. The highest BCUT2D eigenvalue weighted by atomic mass is 16.1. The van der Waals surface area contributed by atoms with Crippen LogP contribution in [0.5, 0.6) is 0 Å². The fourth-order valence-electron chi connectivity index (χ4n) is 4.29. The Kier molecular flexibility index (Phi) is 6.67. The molecule has 0 aliphatic carbocycles. The molecule has 1 aromatic carbocycles. The van der Waals surface area contributed by atoms with Crippen molar-refractivity contribution in [2.75, 3.05) is 31.1 Å². The molecule has 4 rings (SSSR count). The van der Waals surface area contributed by atoms with Crippen molar-refractivity contribution >= 4 is 11.6 Å². The molecule has 1 saturated heterocycles. The Morgan fingerprint density at radius 3 is 2.57 bits per heavy atom. The monoisotopic (exact) mass is 410 g/mol. The first kappa shape index (κ1) is 20.8. The molecule has 1 fully saturated rings. The van der Waals surface area contributed by atoms with Gasteiger partial charge in [0.1, 0.15) is 5.82 Å². The van der Waals surface area contributed by atoms with E-state index in [0.717, 1.165) is 50.7 Å². The number of hydrogen-bond donors (Lipinski definition) is 1. The number of nitrogens with zero attached hydrogens (tertiary/aromatic N) is 5. The average molecular weight is 411 g/mol. The van der Waals surface area contributed by atoms with E-state index in [9.17, 15) is 4.79 Å². The molecule has 1 N–H and O–H groups in total. The van der Waals surface area contributed by atoms with E-state index in [1.54, 1.807) is 0 Å². The second-order valence-electron chi connectivity index (χ2n) is 8.60. The van der Waals surface area contributed by atoms with Crippen molar-refractivity contribution in [1.82, 2.24) is 25.0 Å². The van der Waals surface area contributed by atoms with E-state index in [2.05, 4.69) is 54.1 Å². The van der Waals surface area contributed by atoms with Gasteiger partial charge in [0.2, 0.25) is 5.91 Å². The van der Waals surface area contributed by atoms with Crippen molar-refractivity contribution in [2.45, 2.75) is 59.2 Å². The molecule has 0 saturated carbocycles. The summed E-state index contributed by atoms with van der Waals surface area (Å²) in [6.45, 7) is 10.6. The molecule has 162 valence electrons. The Hall–Kier alpha value is -2.41. The lowest BCUT2D eigenvalue weighted by Gasteiger charge is -2.21. The molecule has 3 heterocycles. The first-order valence-corrected chi connectivity index (χ1v) is 11.4. The summed E-state index contributed by atoms with van der Waals surface area (Å²) in [6, 6.07) is 9.08. The van der Waals surface area contributed by atoms with Gasteiger partial charge in [0.05, 0.1) is 6.54 Å². The van der Waals surface area contributed by atoms with Gasteiger partial charge in [0.25, 0.3) is 0 Å². The normalized spacial score (nSPS) is 18.1. The van der Waals surface area contributed by atoms with Crippen molar-refractivity contribution in [3.63, 3.8) is 0 Å². The van der Waals surface area contributed by atoms with Gasteiger partial charge in [0, 0.05) is 57.3 Å². The lowest BCUT2D eigenvalue weighted by Crippen LogP contribution is -2.30. The average Bonchev–Trinajstić information content (AvgIpc) is 3.40. The fraction of sp³-hybridized carbons (Fsp3) is 0.609. The second kappa shape index (κ2) is 9.60. The maximum Gasteiger partial charge on any atom is 0.223 e. The van der Waals surface area contributed by atoms with Gasteiger partial charge in [-0.2, -0.15) is 0 Å². The minimum Gasteiger partial charge on any atom is -0.372 e. The molecule has 2 aromatic rings. The highest BCUT2D eigenvalue weighted by Gasteiger charge is 2.20. The number of benzene rings is 1. The van der Waals surface area contributed by atoms with Gasteiger partial charge in [-0.15, -0.1) is 10.2 Å². The molecule has 0 bridgehead atoms. The number of rotatable bonds is 7. The number of carbonyl (C=O) groups is 1. The summed E-state index contributed by atoms with van der Waals surface area (Å²) in [5.74, 6) is 2.00. The van der Waals surface area contributed by atoms with Gasteiger partial charge in [-0.3, -0.25) is 9.69 Å². The number of anilines is 1. The van der Waals surface area contributed by atoms with Crippen LogP contribution in [0.15, 0.2) is 24.3 Å². The van der Waals surface area contributed by atoms with Gasteiger partial charge in [0.15, 0.2) is 5.82 Å². The van der Waals surface area contributed by atoms with Crippen molar-refractivity contribution in [3.05, 3.63) is 41.5 Å². The number of amides is 1. The molecule has 0 spiro atoms. The van der Waals surface area contributed by atoms with Crippen LogP contribution < -0.4 is 10.2 Å². The highest BCUT2D eigenvalue weighted by Crippen LogP contribution is 2.21. The van der Waals surface area contributed by atoms with E-state index in [1.165, 1.54) is 37.2 Å². The van der Waals surface area contributed by atoms with Gasteiger partial charge >= 0.3 is 0 Å². The maximum absolute atomic E-state index is 12.1. The molecule has 7 nitrogen and oxygen atoms in total. The Labute approximate surface area is 179 Å². The molecule has 1 atom stereocenters. The molecule has 1 amide bonds. The summed E-state index contributed by atoms with van der Waals surface area (Å²) in [5, 5.41) is 11.7. The minimum atomic E-state index is 0.0314. The summed E-state index contributed by atoms with van der Waals surface area (Å²) in [7, 11) is 0. The van der Waals surface area contributed by atoms with E-state index < -0.39 is 0 Å². The highest BCUT2D eigenvalue weighted by molar-refractivity contribution is 5.78. The van der Waals surface area contributed by atoms with E-state index in [0.29, 0.717) is 6.54 Å². The summed E-state index contributed by atoms with van der Waals surface area (Å²) in [6.07, 6.45) is 4.35. The van der Waals surface area contributed by atoms with E-state index in [-0.39, 0.29) is 11.8 Å². The van der Waals surface area contributed by atoms with Crippen molar-refractivity contribution in [2.24, 2.45) is 5.92 Å². The first-order valence-electron chi connectivity index (χ1n) is 11.4. The molecular formula is C23H34N6O. The number of fused-ring (bicyclic) bond motifs is 1. The van der Waals surface area contributed by atoms with Crippen LogP contribution in [-0.2, 0) is 30.8 Å². The quantitative estimate of drug-likeness (QED) is 0.760. The lowest BCUT2D eigenvalue weighted by molar-refractivity contribution is -0.124. The van der Waals surface area contributed by atoms with Crippen LogP contribution in [0.25, 0.3) is 0 Å². The van der Waals surface area contributed by atoms with Crippen LogP contribution in [0.2, 0.25) is 0 Å². The SMILES string of the molecule is CCC(C)C(=O)NCc1nnc2n1CCN(Cc1ccc(N3CCCC3)cc1)CC2. The van der Waals surface area contributed by atoms with E-state index in [4.69, 9.17) is 0 Å². The molecule has 1 unspecified atom stereocenters. The van der Waals surface area contributed by atoms with Gasteiger partial charge in [-0.25, -0.2) is 0 Å². The molecular weight excluding hydrogens is 376 g/mol. The number of nitrogens with one attached hydrogen (secondary N) is 1. The number of hydrogen-bond acceptors (Lipinski definition) is 5. The first-order chi connectivity index (χ1) is 14.6. The summed E-state index contributed by atoms with van der Waals surface area (Å²) < 4.78 is 2.19. The van der Waals surface area contributed by atoms with Crippen LogP contribution in [-0.4, -0.2) is 51.8 Å².